The number of piperidine rings is 1. The zero-order valence-electron chi connectivity index (χ0n) is 10.6. The summed E-state index contributed by atoms with van der Waals surface area (Å²) in [6, 6.07) is 3.67. The Morgan fingerprint density at radius 1 is 1.42 bits per heavy atom. The molecule has 0 radical (unpaired) electrons. The molecule has 1 aliphatic heterocycles. The lowest BCUT2D eigenvalue weighted by molar-refractivity contribution is -0.145. The lowest BCUT2D eigenvalue weighted by Crippen LogP contribution is -2.41. The second-order valence-electron chi connectivity index (χ2n) is 4.80. The highest BCUT2D eigenvalue weighted by molar-refractivity contribution is 7.16. The number of carboxylic acid groups (broad SMARTS) is 1. The Hall–Kier alpha value is -1.07. The Kier molecular flexibility index (Phi) is 4.47. The predicted molar refractivity (Wildman–Crippen MR) is 74.7 cm³/mol. The Labute approximate surface area is 121 Å². The van der Waals surface area contributed by atoms with E-state index in [1.165, 1.54) is 11.3 Å². The second-order valence-corrected chi connectivity index (χ2v) is 6.55. The molecular weight excluding hydrogens is 286 g/mol. The first-order valence-corrected chi connectivity index (χ1v) is 7.45. The molecule has 2 heterocycles. The van der Waals surface area contributed by atoms with Gasteiger partial charge in [-0.25, -0.2) is 0 Å². The van der Waals surface area contributed by atoms with Crippen LogP contribution >= 0.6 is 22.9 Å². The number of rotatable bonds is 3. The van der Waals surface area contributed by atoms with E-state index >= 15 is 0 Å². The van der Waals surface area contributed by atoms with E-state index < -0.39 is 5.97 Å². The van der Waals surface area contributed by atoms with Crippen molar-refractivity contribution in [2.75, 3.05) is 13.1 Å². The highest BCUT2D eigenvalue weighted by Crippen LogP contribution is 2.30. The van der Waals surface area contributed by atoms with Crippen molar-refractivity contribution in [3.63, 3.8) is 0 Å². The Balaban J connectivity index is 1.96. The minimum Gasteiger partial charge on any atom is -0.481 e. The molecule has 1 aromatic heterocycles. The highest BCUT2D eigenvalue weighted by atomic mass is 35.5. The Morgan fingerprint density at radius 3 is 2.53 bits per heavy atom. The van der Waals surface area contributed by atoms with E-state index in [-0.39, 0.29) is 17.7 Å². The molecule has 6 heteroatoms. The number of aliphatic carboxylic acids is 1. The van der Waals surface area contributed by atoms with E-state index in [2.05, 4.69) is 0 Å². The van der Waals surface area contributed by atoms with Crippen molar-refractivity contribution in [2.45, 2.75) is 25.7 Å². The summed E-state index contributed by atoms with van der Waals surface area (Å²) in [6.07, 6.45) is 1.08. The molecule has 1 amide bonds. The van der Waals surface area contributed by atoms with Crippen molar-refractivity contribution in [1.82, 2.24) is 4.90 Å². The van der Waals surface area contributed by atoms with Crippen LogP contribution in [-0.4, -0.2) is 35.0 Å². The molecule has 104 valence electrons. The number of amides is 1. The summed E-state index contributed by atoms with van der Waals surface area (Å²) in [7, 11) is 0. The summed E-state index contributed by atoms with van der Waals surface area (Å²) < 4.78 is 0.680. The van der Waals surface area contributed by atoms with Crippen molar-refractivity contribution in [3.8, 4) is 0 Å². The topological polar surface area (TPSA) is 57.6 Å². The fourth-order valence-corrected chi connectivity index (χ4v) is 3.41. The molecule has 0 spiro atoms. The molecule has 0 bridgehead atoms. The van der Waals surface area contributed by atoms with E-state index in [0.29, 0.717) is 30.3 Å². The third-order valence-corrected chi connectivity index (χ3v) is 4.96. The monoisotopic (exact) mass is 301 g/mol. The van der Waals surface area contributed by atoms with Gasteiger partial charge in [0.15, 0.2) is 0 Å². The van der Waals surface area contributed by atoms with Crippen molar-refractivity contribution < 1.29 is 14.7 Å². The number of halogens is 1. The zero-order chi connectivity index (χ0) is 14.0. The van der Waals surface area contributed by atoms with Gasteiger partial charge < -0.3 is 10.0 Å². The van der Waals surface area contributed by atoms with E-state index in [1.807, 2.05) is 13.0 Å². The lowest BCUT2D eigenvalue weighted by Gasteiger charge is -2.31. The predicted octanol–water partition coefficient (Wildman–Crippen LogP) is 2.83. The molecule has 4 nitrogen and oxygen atoms in total. The third kappa shape index (κ3) is 3.28. The van der Waals surface area contributed by atoms with E-state index in [9.17, 15) is 9.59 Å². The first-order chi connectivity index (χ1) is 8.99. The van der Waals surface area contributed by atoms with Gasteiger partial charge in [0.05, 0.1) is 16.2 Å². The van der Waals surface area contributed by atoms with Crippen LogP contribution in [0.1, 0.15) is 30.6 Å². The van der Waals surface area contributed by atoms with Gasteiger partial charge in [-0.1, -0.05) is 11.6 Å². The number of carboxylic acids is 1. The second kappa shape index (κ2) is 5.92. The summed E-state index contributed by atoms with van der Waals surface area (Å²) in [5.41, 5.74) is 0. The van der Waals surface area contributed by atoms with Gasteiger partial charge in [0.1, 0.15) is 0 Å². The highest BCUT2D eigenvalue weighted by Gasteiger charge is 2.29. The zero-order valence-corrected chi connectivity index (χ0v) is 12.2. The molecule has 1 saturated heterocycles. The average molecular weight is 302 g/mol. The van der Waals surface area contributed by atoms with Gasteiger partial charge in [-0.05, 0) is 31.9 Å². The average Bonchev–Trinajstić information content (AvgIpc) is 2.84. The standard InChI is InChI=1S/C13H16ClNO3S/c1-8(10-2-3-11(14)19-10)12(16)15-6-4-9(5-7-15)13(17)18/h2-3,8-9H,4-7H2,1H3,(H,17,18)/t8-/m0/s1. The molecule has 1 aromatic rings. The number of hydrogen-bond donors (Lipinski definition) is 1. The largest absolute Gasteiger partial charge is 0.481 e. The van der Waals surface area contributed by atoms with Crippen molar-refractivity contribution in [1.29, 1.82) is 0 Å². The van der Waals surface area contributed by atoms with Crippen LogP contribution in [0.25, 0.3) is 0 Å². The fourth-order valence-electron chi connectivity index (χ4n) is 2.30. The van der Waals surface area contributed by atoms with Gasteiger partial charge in [0.2, 0.25) is 5.91 Å². The molecule has 0 unspecified atom stereocenters. The maximum atomic E-state index is 12.3. The molecule has 1 N–H and O–H groups in total. The van der Waals surface area contributed by atoms with Gasteiger partial charge in [-0.15, -0.1) is 11.3 Å². The van der Waals surface area contributed by atoms with Crippen LogP contribution < -0.4 is 0 Å². The molecule has 0 aliphatic carbocycles. The maximum absolute atomic E-state index is 12.3. The number of thiophene rings is 1. The number of likely N-dealkylation sites (tertiary alicyclic amines) is 1. The van der Waals surface area contributed by atoms with Gasteiger partial charge in [0, 0.05) is 18.0 Å². The van der Waals surface area contributed by atoms with Crippen molar-refractivity contribution >= 4 is 34.8 Å². The van der Waals surface area contributed by atoms with Crippen LogP contribution in [0.4, 0.5) is 0 Å². The molecule has 1 fully saturated rings. The summed E-state index contributed by atoms with van der Waals surface area (Å²) in [6.45, 7) is 2.92. The SMILES string of the molecule is C[C@H](C(=O)N1CCC(C(=O)O)CC1)c1ccc(Cl)s1. The smallest absolute Gasteiger partial charge is 0.306 e. The molecular formula is C13H16ClNO3S. The van der Waals surface area contributed by atoms with Gasteiger partial charge in [0.25, 0.3) is 0 Å². The van der Waals surface area contributed by atoms with Crippen molar-refractivity contribution in [2.24, 2.45) is 5.92 Å². The van der Waals surface area contributed by atoms with Crippen LogP contribution in [0.3, 0.4) is 0 Å². The first kappa shape index (κ1) is 14.3. The fraction of sp³-hybridized carbons (Fsp3) is 0.538. The van der Waals surface area contributed by atoms with Crippen molar-refractivity contribution in [3.05, 3.63) is 21.3 Å². The Bertz CT molecular complexity index is 480. The van der Waals surface area contributed by atoms with E-state index in [0.717, 1.165) is 4.88 Å². The quantitative estimate of drug-likeness (QED) is 0.934. The summed E-state index contributed by atoms with van der Waals surface area (Å²) in [5, 5.41) is 8.94. The Morgan fingerprint density at radius 2 is 2.05 bits per heavy atom. The maximum Gasteiger partial charge on any atom is 0.306 e. The van der Waals surface area contributed by atoms with Crippen LogP contribution in [0.5, 0.6) is 0 Å². The van der Waals surface area contributed by atoms with Crippen LogP contribution in [0, 0.1) is 5.92 Å². The van der Waals surface area contributed by atoms with Gasteiger partial charge >= 0.3 is 5.97 Å². The minimum atomic E-state index is -0.759. The van der Waals surface area contributed by atoms with E-state index in [1.54, 1.807) is 11.0 Å². The van der Waals surface area contributed by atoms with E-state index in [4.69, 9.17) is 16.7 Å². The van der Waals surface area contributed by atoms with Gasteiger partial charge in [-0.2, -0.15) is 0 Å². The molecule has 1 atom stereocenters. The number of hydrogen-bond acceptors (Lipinski definition) is 3. The number of carbonyl (C=O) groups is 2. The number of nitrogens with zero attached hydrogens (tertiary/aromatic N) is 1. The first-order valence-electron chi connectivity index (χ1n) is 6.26. The minimum absolute atomic E-state index is 0.0577. The molecule has 0 saturated carbocycles. The third-order valence-electron chi connectivity index (χ3n) is 3.55. The molecule has 0 aromatic carbocycles. The summed E-state index contributed by atoms with van der Waals surface area (Å²) >= 11 is 7.29. The molecule has 19 heavy (non-hydrogen) atoms. The van der Waals surface area contributed by atoms with Crippen LogP contribution in [0.2, 0.25) is 4.34 Å². The molecule has 1 aliphatic rings. The summed E-state index contributed by atoms with van der Waals surface area (Å²) in [5.74, 6) is -1.22. The number of carbonyl (C=O) groups excluding carboxylic acids is 1. The van der Waals surface area contributed by atoms with Gasteiger partial charge in [-0.3, -0.25) is 9.59 Å². The van der Waals surface area contributed by atoms with Crippen LogP contribution in [-0.2, 0) is 9.59 Å². The molecule has 2 rings (SSSR count). The van der Waals surface area contributed by atoms with Crippen LogP contribution in [0.15, 0.2) is 12.1 Å². The normalized spacial score (nSPS) is 18.3. The lowest BCUT2D eigenvalue weighted by atomic mass is 9.96. The summed E-state index contributed by atoms with van der Waals surface area (Å²) in [4.78, 5) is 25.9.